The second-order valence-electron chi connectivity index (χ2n) is 4.99. The molecule has 0 bridgehead atoms. The molecule has 2 rings (SSSR count). The number of rotatable bonds is 6. The molecule has 0 saturated carbocycles. The van der Waals surface area contributed by atoms with Crippen LogP contribution in [0.15, 0.2) is 12.1 Å². The number of nitrogens with one attached hydrogen (secondary N) is 1. The molecular weight excluding hydrogens is 278 g/mol. The van der Waals surface area contributed by atoms with Crippen LogP contribution < -0.4 is 14.8 Å². The Balaban J connectivity index is 2.07. The number of ether oxygens (including phenoxy) is 3. The SMILES string of the molecule is COc1cc(OC)c([C@@H](C)NC[C@H]2CCCO2)cc1Cl. The molecule has 112 valence electrons. The molecule has 1 fully saturated rings. The van der Waals surface area contributed by atoms with Gasteiger partial charge in [0.1, 0.15) is 11.5 Å². The first-order valence-electron chi connectivity index (χ1n) is 6.92. The maximum atomic E-state index is 6.20. The van der Waals surface area contributed by atoms with Gasteiger partial charge in [-0.2, -0.15) is 0 Å². The third-order valence-corrected chi connectivity index (χ3v) is 3.94. The quantitative estimate of drug-likeness (QED) is 0.876. The summed E-state index contributed by atoms with van der Waals surface area (Å²) in [5, 5.41) is 4.07. The van der Waals surface area contributed by atoms with Gasteiger partial charge in [0.25, 0.3) is 0 Å². The van der Waals surface area contributed by atoms with Crippen LogP contribution in [0.5, 0.6) is 11.5 Å². The fourth-order valence-electron chi connectivity index (χ4n) is 2.45. The van der Waals surface area contributed by atoms with Gasteiger partial charge in [-0.1, -0.05) is 11.6 Å². The van der Waals surface area contributed by atoms with Crippen molar-refractivity contribution in [3.63, 3.8) is 0 Å². The summed E-state index contributed by atoms with van der Waals surface area (Å²) in [5.74, 6) is 1.40. The minimum Gasteiger partial charge on any atom is -0.496 e. The molecule has 0 radical (unpaired) electrons. The minimum absolute atomic E-state index is 0.137. The lowest BCUT2D eigenvalue weighted by Gasteiger charge is -2.20. The van der Waals surface area contributed by atoms with Crippen molar-refractivity contribution < 1.29 is 14.2 Å². The van der Waals surface area contributed by atoms with Crippen LogP contribution in [-0.4, -0.2) is 33.5 Å². The molecule has 1 heterocycles. The summed E-state index contributed by atoms with van der Waals surface area (Å²) in [6.07, 6.45) is 2.59. The molecule has 0 aliphatic carbocycles. The van der Waals surface area contributed by atoms with E-state index < -0.39 is 0 Å². The molecule has 0 aromatic heterocycles. The van der Waals surface area contributed by atoms with Crippen molar-refractivity contribution in [1.29, 1.82) is 0 Å². The average molecular weight is 300 g/mol. The Hall–Kier alpha value is -0.970. The Bertz CT molecular complexity index is 447. The van der Waals surface area contributed by atoms with Crippen LogP contribution in [0.25, 0.3) is 0 Å². The van der Waals surface area contributed by atoms with Gasteiger partial charge in [-0.25, -0.2) is 0 Å². The van der Waals surface area contributed by atoms with Crippen LogP contribution in [-0.2, 0) is 4.74 Å². The van der Waals surface area contributed by atoms with Gasteiger partial charge in [-0.05, 0) is 25.8 Å². The molecule has 20 heavy (non-hydrogen) atoms. The third kappa shape index (κ3) is 3.57. The summed E-state index contributed by atoms with van der Waals surface area (Å²) in [6.45, 7) is 3.81. The summed E-state index contributed by atoms with van der Waals surface area (Å²) in [7, 11) is 3.25. The van der Waals surface area contributed by atoms with Gasteiger partial charge in [0.15, 0.2) is 0 Å². The van der Waals surface area contributed by atoms with E-state index in [1.165, 1.54) is 0 Å². The smallest absolute Gasteiger partial charge is 0.141 e. The molecule has 1 aliphatic rings. The van der Waals surface area contributed by atoms with Gasteiger partial charge >= 0.3 is 0 Å². The predicted octanol–water partition coefficient (Wildman–Crippen LogP) is 3.19. The average Bonchev–Trinajstić information content (AvgIpc) is 2.97. The zero-order valence-corrected chi connectivity index (χ0v) is 13.0. The molecule has 2 atom stereocenters. The highest BCUT2D eigenvalue weighted by atomic mass is 35.5. The Morgan fingerprint density at radius 2 is 2.10 bits per heavy atom. The second kappa shape index (κ2) is 7.16. The second-order valence-corrected chi connectivity index (χ2v) is 5.40. The third-order valence-electron chi connectivity index (χ3n) is 3.65. The molecule has 1 aromatic rings. The Labute approximate surface area is 125 Å². The minimum atomic E-state index is 0.137. The number of hydrogen-bond acceptors (Lipinski definition) is 4. The maximum absolute atomic E-state index is 6.20. The van der Waals surface area contributed by atoms with Gasteiger partial charge in [-0.3, -0.25) is 0 Å². The standard InChI is InChI=1S/C15H22ClNO3/c1-10(17-9-11-5-4-6-20-11)12-7-13(16)15(19-3)8-14(12)18-2/h7-8,10-11,17H,4-6,9H2,1-3H3/t10-,11-/m1/s1. The molecule has 1 N–H and O–H groups in total. The molecule has 0 spiro atoms. The molecule has 4 nitrogen and oxygen atoms in total. The van der Waals surface area contributed by atoms with E-state index in [0.717, 1.165) is 37.3 Å². The largest absolute Gasteiger partial charge is 0.496 e. The van der Waals surface area contributed by atoms with Crippen molar-refractivity contribution in [3.05, 3.63) is 22.7 Å². The van der Waals surface area contributed by atoms with Crippen LogP contribution in [0.4, 0.5) is 0 Å². The Morgan fingerprint density at radius 1 is 1.35 bits per heavy atom. The summed E-state index contributed by atoms with van der Waals surface area (Å²) < 4.78 is 16.3. The monoisotopic (exact) mass is 299 g/mol. The molecule has 1 aromatic carbocycles. The van der Waals surface area contributed by atoms with Gasteiger partial charge in [0.05, 0.1) is 25.3 Å². The van der Waals surface area contributed by atoms with Crippen molar-refractivity contribution in [2.24, 2.45) is 0 Å². The normalized spacial score (nSPS) is 19.9. The van der Waals surface area contributed by atoms with E-state index in [1.54, 1.807) is 14.2 Å². The van der Waals surface area contributed by atoms with Crippen molar-refractivity contribution in [2.75, 3.05) is 27.4 Å². The topological polar surface area (TPSA) is 39.7 Å². The first-order valence-corrected chi connectivity index (χ1v) is 7.30. The molecule has 1 saturated heterocycles. The van der Waals surface area contributed by atoms with E-state index in [4.69, 9.17) is 25.8 Å². The zero-order valence-electron chi connectivity index (χ0n) is 12.2. The fraction of sp³-hybridized carbons (Fsp3) is 0.600. The van der Waals surface area contributed by atoms with Crippen molar-refractivity contribution in [1.82, 2.24) is 5.32 Å². The molecule has 0 amide bonds. The first-order chi connectivity index (χ1) is 9.65. The summed E-state index contributed by atoms with van der Waals surface area (Å²) in [5.41, 5.74) is 1.02. The van der Waals surface area contributed by atoms with Crippen molar-refractivity contribution >= 4 is 11.6 Å². The van der Waals surface area contributed by atoms with Crippen LogP contribution in [0.2, 0.25) is 5.02 Å². The Kier molecular flexibility index (Phi) is 5.52. The van der Waals surface area contributed by atoms with E-state index in [-0.39, 0.29) is 6.04 Å². The molecule has 1 aliphatic heterocycles. The first kappa shape index (κ1) is 15.4. The lowest BCUT2D eigenvalue weighted by molar-refractivity contribution is 0.108. The van der Waals surface area contributed by atoms with E-state index in [0.29, 0.717) is 16.9 Å². The highest BCUT2D eigenvalue weighted by Gasteiger charge is 2.19. The van der Waals surface area contributed by atoms with E-state index in [1.807, 2.05) is 12.1 Å². The van der Waals surface area contributed by atoms with Crippen LogP contribution in [0.3, 0.4) is 0 Å². The fourth-order valence-corrected chi connectivity index (χ4v) is 2.69. The van der Waals surface area contributed by atoms with E-state index in [2.05, 4.69) is 12.2 Å². The Morgan fingerprint density at radius 3 is 2.70 bits per heavy atom. The number of benzene rings is 1. The lowest BCUT2D eigenvalue weighted by Crippen LogP contribution is -2.28. The van der Waals surface area contributed by atoms with Crippen molar-refractivity contribution in [3.8, 4) is 11.5 Å². The van der Waals surface area contributed by atoms with Gasteiger partial charge in [0, 0.05) is 30.8 Å². The molecular formula is C15H22ClNO3. The predicted molar refractivity (Wildman–Crippen MR) is 79.9 cm³/mol. The van der Waals surface area contributed by atoms with Gasteiger partial charge < -0.3 is 19.5 Å². The van der Waals surface area contributed by atoms with Crippen LogP contribution in [0, 0.1) is 0 Å². The summed E-state index contributed by atoms with van der Waals surface area (Å²) in [6, 6.07) is 3.85. The summed E-state index contributed by atoms with van der Waals surface area (Å²) in [4.78, 5) is 0. The number of hydrogen-bond donors (Lipinski definition) is 1. The lowest BCUT2D eigenvalue weighted by atomic mass is 10.1. The van der Waals surface area contributed by atoms with Gasteiger partial charge in [-0.15, -0.1) is 0 Å². The molecule has 0 unspecified atom stereocenters. The van der Waals surface area contributed by atoms with E-state index in [9.17, 15) is 0 Å². The highest BCUT2D eigenvalue weighted by molar-refractivity contribution is 6.32. The molecule has 5 heteroatoms. The number of methoxy groups -OCH3 is 2. The highest BCUT2D eigenvalue weighted by Crippen LogP contribution is 2.35. The van der Waals surface area contributed by atoms with Crippen LogP contribution in [0.1, 0.15) is 31.4 Å². The van der Waals surface area contributed by atoms with E-state index >= 15 is 0 Å². The maximum Gasteiger partial charge on any atom is 0.141 e. The van der Waals surface area contributed by atoms with Crippen molar-refractivity contribution in [2.45, 2.75) is 31.9 Å². The summed E-state index contributed by atoms with van der Waals surface area (Å²) >= 11 is 6.20. The van der Waals surface area contributed by atoms with Gasteiger partial charge in [0.2, 0.25) is 0 Å². The van der Waals surface area contributed by atoms with Crippen LogP contribution >= 0.6 is 11.6 Å². The number of halogens is 1. The zero-order chi connectivity index (χ0) is 14.5.